The average molecular weight is 351 g/mol. The maximum Gasteiger partial charge on any atom is 0.490 e. The van der Waals surface area contributed by atoms with Gasteiger partial charge in [-0.2, -0.15) is 13.2 Å². The van der Waals surface area contributed by atoms with Gasteiger partial charge in [-0.1, -0.05) is 24.3 Å². The zero-order chi connectivity index (χ0) is 18.6. The van der Waals surface area contributed by atoms with Crippen molar-refractivity contribution in [2.24, 2.45) is 0 Å². The zero-order valence-electron chi connectivity index (χ0n) is 12.6. The number of carboxylic acid groups (broad SMARTS) is 2. The molecule has 1 heterocycles. The summed E-state index contributed by atoms with van der Waals surface area (Å²) in [4.78, 5) is 19.9. The molecule has 0 fully saturated rings. The Bertz CT molecular complexity index is 901. The predicted molar refractivity (Wildman–Crippen MR) is 83.9 cm³/mol. The number of alkyl halides is 3. The van der Waals surface area contributed by atoms with Crippen molar-refractivity contribution in [3.05, 3.63) is 66.4 Å². The lowest BCUT2D eigenvalue weighted by Gasteiger charge is -2.05. The third kappa shape index (κ3) is 4.37. The molecule has 3 rings (SSSR count). The summed E-state index contributed by atoms with van der Waals surface area (Å²) in [6.45, 7) is 0. The van der Waals surface area contributed by atoms with E-state index in [0.29, 0.717) is 5.56 Å². The van der Waals surface area contributed by atoms with E-state index in [2.05, 4.69) is 0 Å². The molecule has 0 aliphatic rings. The third-order valence-corrected chi connectivity index (χ3v) is 3.22. The Balaban J connectivity index is 0.000000277. The number of carbonyl (C=O) groups is 2. The van der Waals surface area contributed by atoms with E-state index in [-0.39, 0.29) is 0 Å². The van der Waals surface area contributed by atoms with Gasteiger partial charge in [0.2, 0.25) is 0 Å². The van der Waals surface area contributed by atoms with Crippen LogP contribution in [0.4, 0.5) is 13.2 Å². The smallest absolute Gasteiger partial charge is 0.478 e. The lowest BCUT2D eigenvalue weighted by Crippen LogP contribution is -2.21. The van der Waals surface area contributed by atoms with Gasteiger partial charge >= 0.3 is 18.1 Å². The molecular weight excluding hydrogens is 339 g/mol. The molecule has 0 aliphatic heterocycles. The Morgan fingerprint density at radius 2 is 1.52 bits per heavy atom. The number of para-hydroxylation sites is 1. The third-order valence-electron chi connectivity index (χ3n) is 3.22. The standard InChI is InChI=1S/C15H11NO2.C2HF3O2/c17-15(18)12-7-6-11-8-9-16(14(11)10-12)13-4-2-1-3-5-13;3-2(4,5)1(6)7/h1-10H,(H,17,18);(H,6,7). The molecule has 0 radical (unpaired) electrons. The number of rotatable bonds is 2. The molecule has 2 aromatic carbocycles. The molecule has 0 unspecified atom stereocenters. The van der Waals surface area contributed by atoms with Gasteiger partial charge < -0.3 is 14.8 Å². The number of carboxylic acids is 2. The normalized spacial score (nSPS) is 10.8. The summed E-state index contributed by atoms with van der Waals surface area (Å²) in [6, 6.07) is 17.0. The number of halogens is 3. The van der Waals surface area contributed by atoms with Crippen molar-refractivity contribution in [2.45, 2.75) is 6.18 Å². The van der Waals surface area contributed by atoms with Crippen LogP contribution < -0.4 is 0 Å². The van der Waals surface area contributed by atoms with Crippen LogP contribution in [0.25, 0.3) is 16.6 Å². The van der Waals surface area contributed by atoms with Gasteiger partial charge in [0, 0.05) is 11.9 Å². The average Bonchev–Trinajstić information content (AvgIpc) is 2.98. The maximum atomic E-state index is 11.0. The highest BCUT2D eigenvalue weighted by Crippen LogP contribution is 2.21. The van der Waals surface area contributed by atoms with Crippen molar-refractivity contribution >= 4 is 22.8 Å². The van der Waals surface area contributed by atoms with Gasteiger partial charge in [0.05, 0.1) is 11.1 Å². The molecule has 0 saturated heterocycles. The van der Waals surface area contributed by atoms with E-state index in [1.54, 1.807) is 12.1 Å². The molecule has 3 aromatic rings. The quantitative estimate of drug-likeness (QED) is 0.732. The molecule has 0 atom stereocenters. The van der Waals surface area contributed by atoms with Crippen LogP contribution in [0.5, 0.6) is 0 Å². The van der Waals surface area contributed by atoms with Crippen molar-refractivity contribution in [1.29, 1.82) is 0 Å². The van der Waals surface area contributed by atoms with Crippen LogP contribution in [0.2, 0.25) is 0 Å². The monoisotopic (exact) mass is 351 g/mol. The molecule has 0 amide bonds. The van der Waals surface area contributed by atoms with E-state index in [9.17, 15) is 18.0 Å². The summed E-state index contributed by atoms with van der Waals surface area (Å²) in [5, 5.41) is 17.2. The molecule has 8 heteroatoms. The first-order chi connectivity index (χ1) is 11.7. The van der Waals surface area contributed by atoms with Gasteiger partial charge in [-0.25, -0.2) is 9.59 Å². The van der Waals surface area contributed by atoms with E-state index >= 15 is 0 Å². The van der Waals surface area contributed by atoms with Crippen molar-refractivity contribution < 1.29 is 33.0 Å². The SMILES string of the molecule is O=C(O)C(F)(F)F.O=C(O)c1ccc2ccn(-c3ccccc3)c2c1. The summed E-state index contributed by atoms with van der Waals surface area (Å²) >= 11 is 0. The molecule has 0 bridgehead atoms. The molecule has 5 nitrogen and oxygen atoms in total. The van der Waals surface area contributed by atoms with Gasteiger partial charge in [0.1, 0.15) is 0 Å². The lowest BCUT2D eigenvalue weighted by molar-refractivity contribution is -0.192. The molecular formula is C17H12F3NO4. The van der Waals surface area contributed by atoms with Crippen LogP contribution >= 0.6 is 0 Å². The first-order valence-corrected chi connectivity index (χ1v) is 6.90. The highest BCUT2D eigenvalue weighted by Gasteiger charge is 2.38. The van der Waals surface area contributed by atoms with E-state index in [4.69, 9.17) is 15.0 Å². The van der Waals surface area contributed by atoms with Gasteiger partial charge in [0.25, 0.3) is 0 Å². The Morgan fingerprint density at radius 1 is 0.920 bits per heavy atom. The number of nitrogens with zero attached hydrogens (tertiary/aromatic N) is 1. The zero-order valence-corrected chi connectivity index (χ0v) is 12.6. The molecule has 25 heavy (non-hydrogen) atoms. The van der Waals surface area contributed by atoms with Gasteiger partial charge in [-0.05, 0) is 35.7 Å². The second-order valence-electron chi connectivity index (χ2n) is 4.90. The Labute approximate surface area is 139 Å². The highest BCUT2D eigenvalue weighted by molar-refractivity contribution is 5.94. The summed E-state index contributed by atoms with van der Waals surface area (Å²) in [7, 11) is 0. The first kappa shape index (κ1) is 18.1. The minimum atomic E-state index is -5.08. The molecule has 0 aliphatic carbocycles. The van der Waals surface area contributed by atoms with Crippen LogP contribution in [0, 0.1) is 0 Å². The fraction of sp³-hybridized carbons (Fsp3) is 0.0588. The lowest BCUT2D eigenvalue weighted by atomic mass is 10.1. The number of aromatic carboxylic acids is 1. The van der Waals surface area contributed by atoms with Gasteiger partial charge in [-0.3, -0.25) is 0 Å². The number of benzene rings is 2. The largest absolute Gasteiger partial charge is 0.490 e. The summed E-state index contributed by atoms with van der Waals surface area (Å²) in [5.41, 5.74) is 2.23. The number of hydrogen-bond donors (Lipinski definition) is 2. The molecule has 0 saturated carbocycles. The summed E-state index contributed by atoms with van der Waals surface area (Å²) in [6.07, 6.45) is -3.13. The van der Waals surface area contributed by atoms with Crippen LogP contribution in [-0.4, -0.2) is 32.9 Å². The van der Waals surface area contributed by atoms with Gasteiger partial charge in [-0.15, -0.1) is 0 Å². The number of aliphatic carboxylic acids is 1. The fourth-order valence-corrected chi connectivity index (χ4v) is 2.08. The Kier molecular flexibility index (Phi) is 5.11. The second kappa shape index (κ2) is 7.08. The maximum absolute atomic E-state index is 11.0. The van der Waals surface area contributed by atoms with E-state index in [1.807, 2.05) is 53.2 Å². The minimum absolute atomic E-state index is 0.304. The first-order valence-electron chi connectivity index (χ1n) is 6.90. The van der Waals surface area contributed by atoms with Crippen molar-refractivity contribution in [3.8, 4) is 5.69 Å². The summed E-state index contributed by atoms with van der Waals surface area (Å²) in [5.74, 6) is -3.66. The van der Waals surface area contributed by atoms with Crippen LogP contribution in [0.3, 0.4) is 0 Å². The Morgan fingerprint density at radius 3 is 2.04 bits per heavy atom. The van der Waals surface area contributed by atoms with E-state index in [1.165, 1.54) is 0 Å². The second-order valence-corrected chi connectivity index (χ2v) is 4.90. The minimum Gasteiger partial charge on any atom is -0.478 e. The molecule has 0 spiro atoms. The van der Waals surface area contributed by atoms with E-state index < -0.39 is 18.1 Å². The van der Waals surface area contributed by atoms with Crippen LogP contribution in [0.1, 0.15) is 10.4 Å². The van der Waals surface area contributed by atoms with Crippen molar-refractivity contribution in [3.63, 3.8) is 0 Å². The summed E-state index contributed by atoms with van der Waals surface area (Å²) < 4.78 is 33.7. The molecule has 130 valence electrons. The van der Waals surface area contributed by atoms with E-state index in [0.717, 1.165) is 16.6 Å². The predicted octanol–water partition coefficient (Wildman–Crippen LogP) is 3.96. The number of hydrogen-bond acceptors (Lipinski definition) is 2. The Hall–Kier alpha value is -3.29. The topological polar surface area (TPSA) is 79.5 Å². The van der Waals surface area contributed by atoms with Crippen LogP contribution in [0.15, 0.2) is 60.8 Å². The molecule has 1 aromatic heterocycles. The highest BCUT2D eigenvalue weighted by atomic mass is 19.4. The van der Waals surface area contributed by atoms with Crippen LogP contribution in [-0.2, 0) is 4.79 Å². The van der Waals surface area contributed by atoms with Crippen molar-refractivity contribution in [2.75, 3.05) is 0 Å². The van der Waals surface area contributed by atoms with Crippen molar-refractivity contribution in [1.82, 2.24) is 4.57 Å². The number of fused-ring (bicyclic) bond motifs is 1. The molecule has 2 N–H and O–H groups in total. The fourth-order valence-electron chi connectivity index (χ4n) is 2.08. The van der Waals surface area contributed by atoms with Gasteiger partial charge in [0.15, 0.2) is 0 Å². The number of aromatic nitrogens is 1.